The van der Waals surface area contributed by atoms with Crippen molar-refractivity contribution in [2.24, 2.45) is 0 Å². The Balaban J connectivity index is 2.27. The summed E-state index contributed by atoms with van der Waals surface area (Å²) in [6.07, 6.45) is -3.66. The second-order valence-corrected chi connectivity index (χ2v) is 4.99. The molecule has 0 amide bonds. The van der Waals surface area contributed by atoms with Crippen LogP contribution in [-0.4, -0.2) is 42.4 Å². The summed E-state index contributed by atoms with van der Waals surface area (Å²) in [6.45, 7) is 0.0953. The summed E-state index contributed by atoms with van der Waals surface area (Å²) in [5.41, 5.74) is 1.95. The lowest BCUT2D eigenvalue weighted by atomic mass is 9.98. The molecule has 0 fully saturated rings. The van der Waals surface area contributed by atoms with Crippen molar-refractivity contribution in [3.05, 3.63) is 35.4 Å². The maximum atomic E-state index is 12.7. The van der Waals surface area contributed by atoms with E-state index in [2.05, 4.69) is 5.32 Å². The largest absolute Gasteiger partial charge is 0.401 e. The number of halogens is 3. The monoisotopic (exact) mass is 288 g/mol. The maximum Gasteiger partial charge on any atom is 0.401 e. The van der Waals surface area contributed by atoms with E-state index in [1.807, 2.05) is 24.3 Å². The van der Waals surface area contributed by atoms with Gasteiger partial charge in [0.1, 0.15) is 0 Å². The van der Waals surface area contributed by atoms with Gasteiger partial charge in [-0.2, -0.15) is 13.2 Å². The summed E-state index contributed by atoms with van der Waals surface area (Å²) in [5.74, 6) is 0. The molecule has 0 saturated heterocycles. The number of alkyl halides is 3. The zero-order chi connectivity index (χ0) is 14.6. The summed E-state index contributed by atoms with van der Waals surface area (Å²) in [5, 5.41) is 12.3. The number of aliphatic hydroxyl groups is 1. The van der Waals surface area contributed by atoms with Crippen LogP contribution >= 0.6 is 0 Å². The smallest absolute Gasteiger partial charge is 0.395 e. The van der Waals surface area contributed by atoms with Crippen molar-refractivity contribution in [3.8, 4) is 0 Å². The molecule has 3 nitrogen and oxygen atoms in total. The van der Waals surface area contributed by atoms with Crippen LogP contribution in [0.1, 0.15) is 23.6 Å². The minimum absolute atomic E-state index is 0.0263. The normalized spacial score (nSPS) is 19.8. The molecule has 1 aromatic rings. The summed E-state index contributed by atoms with van der Waals surface area (Å²) in [4.78, 5) is 1.33. The first-order valence-electron chi connectivity index (χ1n) is 6.71. The van der Waals surface area contributed by atoms with E-state index in [1.54, 1.807) is 0 Å². The van der Waals surface area contributed by atoms with E-state index in [9.17, 15) is 13.2 Å². The Morgan fingerprint density at radius 1 is 1.30 bits per heavy atom. The zero-order valence-corrected chi connectivity index (χ0v) is 11.2. The Morgan fingerprint density at radius 3 is 2.75 bits per heavy atom. The van der Waals surface area contributed by atoms with E-state index in [0.29, 0.717) is 19.5 Å². The molecule has 1 aliphatic heterocycles. The van der Waals surface area contributed by atoms with E-state index in [4.69, 9.17) is 5.11 Å². The van der Waals surface area contributed by atoms with Gasteiger partial charge in [-0.3, -0.25) is 4.90 Å². The highest BCUT2D eigenvalue weighted by Crippen LogP contribution is 2.31. The first kappa shape index (κ1) is 15.3. The third-order valence-electron chi connectivity index (χ3n) is 3.53. The number of nitrogens with one attached hydrogen (secondary N) is 1. The van der Waals surface area contributed by atoms with Gasteiger partial charge in [-0.25, -0.2) is 0 Å². The predicted octanol–water partition coefficient (Wildman–Crippen LogP) is 2.08. The Bertz CT molecular complexity index is 437. The van der Waals surface area contributed by atoms with Gasteiger partial charge in [0, 0.05) is 19.1 Å². The quantitative estimate of drug-likeness (QED) is 0.890. The van der Waals surface area contributed by atoms with E-state index in [1.165, 1.54) is 4.90 Å². The van der Waals surface area contributed by atoms with Crippen LogP contribution in [0.15, 0.2) is 24.3 Å². The van der Waals surface area contributed by atoms with Crippen LogP contribution in [0.2, 0.25) is 0 Å². The maximum absolute atomic E-state index is 12.7. The van der Waals surface area contributed by atoms with Crippen molar-refractivity contribution in [1.82, 2.24) is 10.2 Å². The van der Waals surface area contributed by atoms with Gasteiger partial charge >= 0.3 is 6.18 Å². The zero-order valence-electron chi connectivity index (χ0n) is 11.2. The molecule has 6 heteroatoms. The summed E-state index contributed by atoms with van der Waals surface area (Å²) in [6, 6.07) is 7.25. The van der Waals surface area contributed by atoms with Crippen LogP contribution in [0.3, 0.4) is 0 Å². The van der Waals surface area contributed by atoms with Crippen LogP contribution in [0.25, 0.3) is 0 Å². The topological polar surface area (TPSA) is 35.5 Å². The van der Waals surface area contributed by atoms with E-state index in [-0.39, 0.29) is 19.2 Å². The van der Waals surface area contributed by atoms with Crippen molar-refractivity contribution in [1.29, 1.82) is 0 Å². The lowest BCUT2D eigenvalue weighted by Gasteiger charge is -2.32. The Kier molecular flexibility index (Phi) is 5.01. The standard InChI is InChI=1S/C14H19F3N2O/c15-14(16,17)10-19(7-8-20)13-5-6-18-9-11-3-1-2-4-12(11)13/h1-4,13,18,20H,5-10H2. The fraction of sp³-hybridized carbons (Fsp3) is 0.571. The number of rotatable bonds is 4. The molecular formula is C14H19F3N2O. The molecule has 2 N–H and O–H groups in total. The van der Waals surface area contributed by atoms with Crippen molar-refractivity contribution in [2.75, 3.05) is 26.2 Å². The Labute approximate surface area is 116 Å². The molecule has 0 aromatic heterocycles. The van der Waals surface area contributed by atoms with Crippen molar-refractivity contribution >= 4 is 0 Å². The molecule has 1 aliphatic rings. The van der Waals surface area contributed by atoms with Gasteiger partial charge in [-0.05, 0) is 24.1 Å². The molecule has 0 radical (unpaired) electrons. The second-order valence-electron chi connectivity index (χ2n) is 4.99. The summed E-state index contributed by atoms with van der Waals surface area (Å²) < 4.78 is 38.2. The average Bonchev–Trinajstić information content (AvgIpc) is 2.59. The second kappa shape index (κ2) is 6.56. The van der Waals surface area contributed by atoms with E-state index < -0.39 is 12.7 Å². The van der Waals surface area contributed by atoms with Crippen molar-refractivity contribution in [2.45, 2.75) is 25.2 Å². The molecule has 0 spiro atoms. The Morgan fingerprint density at radius 2 is 2.05 bits per heavy atom. The number of aliphatic hydroxyl groups excluding tert-OH is 1. The third-order valence-corrected chi connectivity index (χ3v) is 3.53. The molecule has 1 atom stereocenters. The minimum Gasteiger partial charge on any atom is -0.395 e. The lowest BCUT2D eigenvalue weighted by Crippen LogP contribution is -2.39. The molecule has 0 bridgehead atoms. The molecule has 2 rings (SSSR count). The average molecular weight is 288 g/mol. The van der Waals surface area contributed by atoms with Crippen LogP contribution in [0.4, 0.5) is 13.2 Å². The van der Waals surface area contributed by atoms with Gasteiger partial charge in [-0.15, -0.1) is 0 Å². The summed E-state index contributed by atoms with van der Waals surface area (Å²) in [7, 11) is 0. The summed E-state index contributed by atoms with van der Waals surface area (Å²) >= 11 is 0. The Hall–Kier alpha value is -1.11. The molecule has 1 heterocycles. The first-order chi connectivity index (χ1) is 9.51. The van der Waals surface area contributed by atoms with Crippen LogP contribution in [0, 0.1) is 0 Å². The molecule has 20 heavy (non-hydrogen) atoms. The number of benzene rings is 1. The van der Waals surface area contributed by atoms with Crippen LogP contribution in [0.5, 0.6) is 0 Å². The van der Waals surface area contributed by atoms with E-state index in [0.717, 1.165) is 11.1 Å². The predicted molar refractivity (Wildman–Crippen MR) is 70.2 cm³/mol. The molecule has 0 aliphatic carbocycles. The fourth-order valence-corrected chi connectivity index (χ4v) is 2.72. The highest BCUT2D eigenvalue weighted by atomic mass is 19.4. The highest BCUT2D eigenvalue weighted by Gasteiger charge is 2.35. The molecule has 1 unspecified atom stereocenters. The highest BCUT2D eigenvalue weighted by molar-refractivity contribution is 5.31. The van der Waals surface area contributed by atoms with E-state index >= 15 is 0 Å². The van der Waals surface area contributed by atoms with Crippen molar-refractivity contribution < 1.29 is 18.3 Å². The van der Waals surface area contributed by atoms with Gasteiger partial charge in [0.2, 0.25) is 0 Å². The number of fused-ring (bicyclic) bond motifs is 1. The van der Waals surface area contributed by atoms with Crippen LogP contribution < -0.4 is 5.32 Å². The number of hydrogen-bond donors (Lipinski definition) is 2. The number of hydrogen-bond acceptors (Lipinski definition) is 3. The van der Waals surface area contributed by atoms with Gasteiger partial charge in [0.25, 0.3) is 0 Å². The molecular weight excluding hydrogens is 269 g/mol. The van der Waals surface area contributed by atoms with Gasteiger partial charge < -0.3 is 10.4 Å². The minimum atomic E-state index is -4.26. The molecule has 1 aromatic carbocycles. The molecule has 112 valence electrons. The van der Waals surface area contributed by atoms with Gasteiger partial charge in [-0.1, -0.05) is 24.3 Å². The third kappa shape index (κ3) is 3.94. The van der Waals surface area contributed by atoms with Crippen LogP contribution in [-0.2, 0) is 6.54 Å². The SMILES string of the molecule is OCCN(CC(F)(F)F)C1CCNCc2ccccc21. The van der Waals surface area contributed by atoms with Crippen molar-refractivity contribution in [3.63, 3.8) is 0 Å². The lowest BCUT2D eigenvalue weighted by molar-refractivity contribution is -0.152. The van der Waals surface area contributed by atoms with Gasteiger partial charge in [0.05, 0.1) is 13.2 Å². The fourth-order valence-electron chi connectivity index (χ4n) is 2.72. The van der Waals surface area contributed by atoms with Gasteiger partial charge in [0.15, 0.2) is 0 Å². The molecule has 0 saturated carbocycles. The first-order valence-corrected chi connectivity index (χ1v) is 6.71. The number of nitrogens with zero attached hydrogens (tertiary/aromatic N) is 1.